The molecule has 2 N–H and O–H groups in total. The number of carboxylic acids is 1. The Hall–Kier alpha value is -0.570. The van der Waals surface area contributed by atoms with Crippen molar-refractivity contribution < 1.29 is 15.0 Å². The molecule has 1 rings (SSSR count). The van der Waals surface area contributed by atoms with Crippen LogP contribution in [0.4, 0.5) is 0 Å². The summed E-state index contributed by atoms with van der Waals surface area (Å²) in [7, 11) is 0. The van der Waals surface area contributed by atoms with Gasteiger partial charge in [-0.15, -0.1) is 0 Å². The summed E-state index contributed by atoms with van der Waals surface area (Å²) in [6, 6.07) is 0. The van der Waals surface area contributed by atoms with Gasteiger partial charge in [0.1, 0.15) is 0 Å². The van der Waals surface area contributed by atoms with Crippen molar-refractivity contribution in [2.45, 2.75) is 39.7 Å². The summed E-state index contributed by atoms with van der Waals surface area (Å²) in [4.78, 5) is 10.6. The lowest BCUT2D eigenvalue weighted by Crippen LogP contribution is -2.31. The summed E-state index contributed by atoms with van der Waals surface area (Å²) in [5, 5.41) is 18.1. The topological polar surface area (TPSA) is 57.5 Å². The molecule has 1 saturated carbocycles. The molecule has 0 heterocycles. The lowest BCUT2D eigenvalue weighted by atomic mass is 9.89. The Bertz CT molecular complexity index is 210. The first kappa shape index (κ1) is 10.5. The Morgan fingerprint density at radius 2 is 2.00 bits per heavy atom. The van der Waals surface area contributed by atoms with Crippen molar-refractivity contribution in [1.29, 1.82) is 0 Å². The molecule has 0 aromatic carbocycles. The molecule has 0 radical (unpaired) electrons. The normalized spacial score (nSPS) is 34.5. The van der Waals surface area contributed by atoms with E-state index in [9.17, 15) is 9.90 Å². The lowest BCUT2D eigenvalue weighted by molar-refractivity contribution is -0.150. The monoisotopic (exact) mass is 186 g/mol. The molecule has 3 heteroatoms. The van der Waals surface area contributed by atoms with Crippen LogP contribution in [0.1, 0.15) is 33.6 Å². The maximum absolute atomic E-state index is 10.6. The van der Waals surface area contributed by atoms with Crippen LogP contribution in [0.2, 0.25) is 0 Å². The molecule has 0 aromatic heterocycles. The minimum absolute atomic E-state index is 0.0764. The Morgan fingerprint density at radius 1 is 1.46 bits per heavy atom. The third-order valence-corrected chi connectivity index (χ3v) is 3.05. The second-order valence-corrected chi connectivity index (χ2v) is 5.00. The lowest BCUT2D eigenvalue weighted by Gasteiger charge is -2.19. The highest BCUT2D eigenvalue weighted by Gasteiger charge is 2.42. The molecule has 76 valence electrons. The first-order valence-corrected chi connectivity index (χ1v) is 4.74. The summed E-state index contributed by atoms with van der Waals surface area (Å²) in [6.07, 6.45) is 0.626. The molecule has 0 spiro atoms. The van der Waals surface area contributed by atoms with Gasteiger partial charge >= 0.3 is 5.97 Å². The predicted octanol–water partition coefficient (Wildman–Crippen LogP) is 1.50. The standard InChI is InChI=1S/C10H18O3/c1-6-4-10(2,3)5-7(6)8(11)9(12)13/h6-8,11H,4-5H2,1-3H3,(H,12,13). The van der Waals surface area contributed by atoms with Crippen molar-refractivity contribution in [3.8, 4) is 0 Å². The fourth-order valence-electron chi connectivity index (χ4n) is 2.55. The van der Waals surface area contributed by atoms with Crippen LogP contribution in [0.15, 0.2) is 0 Å². The van der Waals surface area contributed by atoms with Crippen molar-refractivity contribution in [3.63, 3.8) is 0 Å². The van der Waals surface area contributed by atoms with E-state index < -0.39 is 12.1 Å². The summed E-state index contributed by atoms with van der Waals surface area (Å²) >= 11 is 0. The van der Waals surface area contributed by atoms with Crippen LogP contribution < -0.4 is 0 Å². The molecule has 0 amide bonds. The van der Waals surface area contributed by atoms with E-state index in [1.807, 2.05) is 6.92 Å². The van der Waals surface area contributed by atoms with Gasteiger partial charge in [-0.1, -0.05) is 20.8 Å². The summed E-state index contributed by atoms with van der Waals surface area (Å²) < 4.78 is 0. The van der Waals surface area contributed by atoms with Crippen LogP contribution in [-0.2, 0) is 4.79 Å². The van der Waals surface area contributed by atoms with Gasteiger partial charge in [-0.3, -0.25) is 0 Å². The molecule has 3 atom stereocenters. The molecule has 0 aliphatic heterocycles. The molecule has 13 heavy (non-hydrogen) atoms. The molecule has 1 aliphatic carbocycles. The van der Waals surface area contributed by atoms with Crippen LogP contribution in [0.25, 0.3) is 0 Å². The van der Waals surface area contributed by atoms with E-state index in [0.717, 1.165) is 12.8 Å². The van der Waals surface area contributed by atoms with Gasteiger partial charge in [0.05, 0.1) is 0 Å². The molecule has 1 fully saturated rings. The van der Waals surface area contributed by atoms with Crippen LogP contribution in [-0.4, -0.2) is 22.3 Å². The summed E-state index contributed by atoms with van der Waals surface area (Å²) in [5.41, 5.74) is 0.181. The molecular weight excluding hydrogens is 168 g/mol. The van der Waals surface area contributed by atoms with Crippen LogP contribution in [0.5, 0.6) is 0 Å². The maximum Gasteiger partial charge on any atom is 0.332 e. The molecule has 1 aliphatic rings. The second kappa shape index (κ2) is 3.29. The van der Waals surface area contributed by atoms with Gasteiger partial charge in [0, 0.05) is 0 Å². The number of hydrogen-bond donors (Lipinski definition) is 2. The van der Waals surface area contributed by atoms with E-state index in [0.29, 0.717) is 5.92 Å². The quantitative estimate of drug-likeness (QED) is 0.687. The molecule has 0 aromatic rings. The fraction of sp³-hybridized carbons (Fsp3) is 0.900. The van der Waals surface area contributed by atoms with E-state index in [2.05, 4.69) is 13.8 Å². The Kier molecular flexibility index (Phi) is 2.66. The Morgan fingerprint density at radius 3 is 2.31 bits per heavy atom. The van der Waals surface area contributed by atoms with Crippen molar-refractivity contribution in [2.24, 2.45) is 17.3 Å². The zero-order valence-electron chi connectivity index (χ0n) is 8.45. The predicted molar refractivity (Wildman–Crippen MR) is 49.3 cm³/mol. The minimum Gasteiger partial charge on any atom is -0.479 e. The maximum atomic E-state index is 10.6. The average Bonchev–Trinajstić information content (AvgIpc) is 2.22. The molecular formula is C10H18O3. The minimum atomic E-state index is -1.18. The van der Waals surface area contributed by atoms with Gasteiger partial charge in [0.25, 0.3) is 0 Å². The number of carboxylic acid groups (broad SMARTS) is 1. The van der Waals surface area contributed by atoms with E-state index in [1.54, 1.807) is 0 Å². The van der Waals surface area contributed by atoms with Gasteiger partial charge in [0.2, 0.25) is 0 Å². The fourth-order valence-corrected chi connectivity index (χ4v) is 2.55. The smallest absolute Gasteiger partial charge is 0.332 e. The van der Waals surface area contributed by atoms with Crippen LogP contribution in [0.3, 0.4) is 0 Å². The van der Waals surface area contributed by atoms with Gasteiger partial charge in [-0.05, 0) is 30.1 Å². The first-order valence-electron chi connectivity index (χ1n) is 4.74. The Balaban J connectivity index is 2.67. The Labute approximate surface area is 78.8 Å². The zero-order chi connectivity index (χ0) is 10.2. The number of aliphatic hydroxyl groups is 1. The highest BCUT2D eigenvalue weighted by atomic mass is 16.4. The molecule has 3 nitrogen and oxygen atoms in total. The van der Waals surface area contributed by atoms with Crippen molar-refractivity contribution in [3.05, 3.63) is 0 Å². The number of carbonyl (C=O) groups is 1. The van der Waals surface area contributed by atoms with E-state index in [4.69, 9.17) is 5.11 Å². The van der Waals surface area contributed by atoms with E-state index in [-0.39, 0.29) is 11.3 Å². The van der Waals surface area contributed by atoms with Crippen molar-refractivity contribution >= 4 is 5.97 Å². The highest BCUT2D eigenvalue weighted by Crippen LogP contribution is 2.46. The summed E-state index contributed by atoms with van der Waals surface area (Å²) in [6.45, 7) is 6.27. The summed E-state index contributed by atoms with van der Waals surface area (Å²) in [5.74, 6) is -0.858. The number of rotatable bonds is 2. The van der Waals surface area contributed by atoms with Crippen molar-refractivity contribution in [2.75, 3.05) is 0 Å². The highest BCUT2D eigenvalue weighted by molar-refractivity contribution is 5.72. The number of hydrogen-bond acceptors (Lipinski definition) is 2. The zero-order valence-corrected chi connectivity index (χ0v) is 8.45. The third-order valence-electron chi connectivity index (χ3n) is 3.05. The van der Waals surface area contributed by atoms with Crippen molar-refractivity contribution in [1.82, 2.24) is 0 Å². The SMILES string of the molecule is CC1CC(C)(C)CC1C(O)C(=O)O. The largest absolute Gasteiger partial charge is 0.479 e. The van der Waals surface area contributed by atoms with E-state index >= 15 is 0 Å². The molecule has 0 saturated heterocycles. The third kappa shape index (κ3) is 2.21. The first-order chi connectivity index (χ1) is 5.83. The average molecular weight is 186 g/mol. The van der Waals surface area contributed by atoms with Gasteiger partial charge in [-0.25, -0.2) is 4.79 Å². The van der Waals surface area contributed by atoms with Crippen LogP contribution >= 0.6 is 0 Å². The second-order valence-electron chi connectivity index (χ2n) is 5.00. The van der Waals surface area contributed by atoms with Crippen LogP contribution in [0, 0.1) is 17.3 Å². The molecule has 3 unspecified atom stereocenters. The van der Waals surface area contributed by atoms with Gasteiger partial charge in [0.15, 0.2) is 6.10 Å². The van der Waals surface area contributed by atoms with Gasteiger partial charge < -0.3 is 10.2 Å². The number of aliphatic hydroxyl groups excluding tert-OH is 1. The molecule has 0 bridgehead atoms. The van der Waals surface area contributed by atoms with E-state index in [1.165, 1.54) is 0 Å². The van der Waals surface area contributed by atoms with Gasteiger partial charge in [-0.2, -0.15) is 0 Å². The number of aliphatic carboxylic acids is 1.